The van der Waals surface area contributed by atoms with E-state index in [-0.39, 0.29) is 5.56 Å². The molecule has 114 valence electrons. The molecule has 0 saturated carbocycles. The normalized spacial score (nSPS) is 11.2. The first kappa shape index (κ1) is 13.6. The van der Waals surface area contributed by atoms with Crippen LogP contribution in [-0.4, -0.2) is 25.1 Å². The maximum Gasteiger partial charge on any atom is 0.260 e. The highest BCUT2D eigenvalue weighted by atomic mass is 32.1. The topological polar surface area (TPSA) is 113 Å². The van der Waals surface area contributed by atoms with Crippen molar-refractivity contribution in [1.82, 2.24) is 25.1 Å². The number of thiazole rings is 1. The lowest BCUT2D eigenvalue weighted by Crippen LogP contribution is -2.13. The predicted molar refractivity (Wildman–Crippen MR) is 90.2 cm³/mol. The largest absolute Gasteiger partial charge is 0.396 e. The summed E-state index contributed by atoms with van der Waals surface area (Å²) >= 11 is 1.38. The molecule has 0 bridgehead atoms. The summed E-state index contributed by atoms with van der Waals surface area (Å²) in [5.74, 6) is 0. The summed E-state index contributed by atoms with van der Waals surface area (Å²) in [5.41, 5.74) is 9.70. The Labute approximate surface area is 134 Å². The molecular formula is C15H12N6OS. The zero-order valence-corrected chi connectivity index (χ0v) is 12.9. The number of rotatable bonds is 2. The summed E-state index contributed by atoms with van der Waals surface area (Å²) in [7, 11) is 0. The quantitative estimate of drug-likeness (QED) is 0.523. The molecule has 8 heteroatoms. The maximum absolute atomic E-state index is 12.4. The smallest absolute Gasteiger partial charge is 0.260 e. The lowest BCUT2D eigenvalue weighted by atomic mass is 10.1. The fourth-order valence-electron chi connectivity index (χ4n) is 2.43. The molecule has 0 aliphatic carbocycles. The SMILES string of the molecule is Cc1cnc2c(N)c(-c3ncc(-c4cn[nH]c4)s3)c(=O)[nH]c2c1. The van der Waals surface area contributed by atoms with Crippen LogP contribution in [-0.2, 0) is 0 Å². The van der Waals surface area contributed by atoms with E-state index in [1.54, 1.807) is 24.8 Å². The van der Waals surface area contributed by atoms with E-state index in [0.29, 0.717) is 27.3 Å². The zero-order chi connectivity index (χ0) is 16.0. The highest BCUT2D eigenvalue weighted by Crippen LogP contribution is 2.34. The van der Waals surface area contributed by atoms with Crippen LogP contribution >= 0.6 is 11.3 Å². The number of nitrogens with two attached hydrogens (primary N) is 1. The van der Waals surface area contributed by atoms with Crippen molar-refractivity contribution in [2.45, 2.75) is 6.92 Å². The maximum atomic E-state index is 12.4. The number of pyridine rings is 2. The number of aromatic amines is 2. The van der Waals surface area contributed by atoms with Gasteiger partial charge in [-0.1, -0.05) is 0 Å². The van der Waals surface area contributed by atoms with E-state index in [4.69, 9.17) is 5.73 Å². The minimum absolute atomic E-state index is 0.268. The van der Waals surface area contributed by atoms with Crippen molar-refractivity contribution >= 4 is 28.1 Å². The molecule has 0 atom stereocenters. The monoisotopic (exact) mass is 324 g/mol. The Kier molecular flexibility index (Phi) is 2.98. The number of fused-ring (bicyclic) bond motifs is 1. The Bertz CT molecular complexity index is 1060. The Hall–Kier alpha value is -3.00. The van der Waals surface area contributed by atoms with Crippen molar-refractivity contribution in [3.8, 4) is 21.0 Å². The molecule has 4 aromatic rings. The first-order valence-electron chi connectivity index (χ1n) is 6.87. The number of aryl methyl sites for hydroxylation is 1. The summed E-state index contributed by atoms with van der Waals surface area (Å²) in [6.45, 7) is 1.91. The molecule has 0 fully saturated rings. The molecule has 4 aromatic heterocycles. The van der Waals surface area contributed by atoms with Crippen LogP contribution in [0, 0.1) is 6.92 Å². The second kappa shape index (κ2) is 5.03. The van der Waals surface area contributed by atoms with Gasteiger partial charge in [-0.25, -0.2) is 4.98 Å². The molecule has 0 aliphatic heterocycles. The third-order valence-corrected chi connectivity index (χ3v) is 4.59. The van der Waals surface area contributed by atoms with Gasteiger partial charge in [0.15, 0.2) is 0 Å². The van der Waals surface area contributed by atoms with Crippen LogP contribution in [0.1, 0.15) is 5.56 Å². The van der Waals surface area contributed by atoms with E-state index in [1.807, 2.05) is 13.0 Å². The fourth-order valence-corrected chi connectivity index (χ4v) is 3.38. The van der Waals surface area contributed by atoms with Gasteiger partial charge in [0, 0.05) is 24.2 Å². The van der Waals surface area contributed by atoms with Crippen molar-refractivity contribution in [2.24, 2.45) is 0 Å². The van der Waals surface area contributed by atoms with E-state index >= 15 is 0 Å². The first-order valence-corrected chi connectivity index (χ1v) is 7.68. The van der Waals surface area contributed by atoms with Crippen molar-refractivity contribution in [3.63, 3.8) is 0 Å². The third-order valence-electron chi connectivity index (χ3n) is 3.53. The standard InChI is InChI=1S/C15H12N6OS/c1-7-2-9-13(17-3-7)12(16)11(14(22)21-9)15-18-6-10(23-15)8-4-19-20-5-8/h2-6H,1H3,(H,19,20)(H3,16,21,22). The number of hydrogen-bond acceptors (Lipinski definition) is 6. The molecule has 0 spiro atoms. The van der Waals surface area contributed by atoms with Crippen LogP contribution in [0.2, 0.25) is 0 Å². The molecule has 0 radical (unpaired) electrons. The molecule has 4 N–H and O–H groups in total. The van der Waals surface area contributed by atoms with Gasteiger partial charge in [0.25, 0.3) is 5.56 Å². The molecular weight excluding hydrogens is 312 g/mol. The molecule has 4 rings (SSSR count). The summed E-state index contributed by atoms with van der Waals surface area (Å²) in [4.78, 5) is 24.9. The van der Waals surface area contributed by atoms with Crippen molar-refractivity contribution in [3.05, 3.63) is 46.8 Å². The van der Waals surface area contributed by atoms with Crippen LogP contribution in [0.4, 0.5) is 5.69 Å². The van der Waals surface area contributed by atoms with Crippen molar-refractivity contribution < 1.29 is 0 Å². The Morgan fingerprint density at radius 2 is 2.09 bits per heavy atom. The van der Waals surface area contributed by atoms with Crippen LogP contribution in [0.5, 0.6) is 0 Å². The summed E-state index contributed by atoms with van der Waals surface area (Å²) < 4.78 is 0. The molecule has 4 heterocycles. The van der Waals surface area contributed by atoms with Crippen LogP contribution in [0.15, 0.2) is 35.6 Å². The average molecular weight is 324 g/mol. The Morgan fingerprint density at radius 3 is 2.87 bits per heavy atom. The number of aromatic nitrogens is 5. The number of nitrogen functional groups attached to an aromatic ring is 1. The van der Waals surface area contributed by atoms with E-state index in [2.05, 4.69) is 25.1 Å². The van der Waals surface area contributed by atoms with E-state index in [1.165, 1.54) is 11.3 Å². The van der Waals surface area contributed by atoms with Gasteiger partial charge in [0.05, 0.1) is 22.3 Å². The van der Waals surface area contributed by atoms with Gasteiger partial charge in [-0.3, -0.25) is 14.9 Å². The third kappa shape index (κ3) is 2.20. The molecule has 0 aromatic carbocycles. The van der Waals surface area contributed by atoms with Crippen molar-refractivity contribution in [1.29, 1.82) is 0 Å². The molecule has 0 unspecified atom stereocenters. The first-order chi connectivity index (χ1) is 11.1. The van der Waals surface area contributed by atoms with E-state index in [0.717, 1.165) is 16.0 Å². The minimum atomic E-state index is -0.268. The second-order valence-corrected chi connectivity index (χ2v) is 6.20. The lowest BCUT2D eigenvalue weighted by molar-refractivity contribution is 1.09. The van der Waals surface area contributed by atoms with Gasteiger partial charge in [0.2, 0.25) is 0 Å². The number of H-pyrrole nitrogens is 2. The predicted octanol–water partition coefficient (Wildman–Crippen LogP) is 2.33. The number of anilines is 1. The number of hydrogen-bond donors (Lipinski definition) is 3. The average Bonchev–Trinajstić information content (AvgIpc) is 3.17. The summed E-state index contributed by atoms with van der Waals surface area (Å²) in [6.07, 6.45) is 6.90. The highest BCUT2D eigenvalue weighted by Gasteiger charge is 2.17. The van der Waals surface area contributed by atoms with Gasteiger partial charge < -0.3 is 10.7 Å². The molecule has 0 aliphatic rings. The van der Waals surface area contributed by atoms with Gasteiger partial charge in [-0.15, -0.1) is 11.3 Å². The van der Waals surface area contributed by atoms with Crippen molar-refractivity contribution in [2.75, 3.05) is 5.73 Å². The zero-order valence-electron chi connectivity index (χ0n) is 12.1. The van der Waals surface area contributed by atoms with Crippen LogP contribution < -0.4 is 11.3 Å². The van der Waals surface area contributed by atoms with E-state index in [9.17, 15) is 4.79 Å². The van der Waals surface area contributed by atoms with Gasteiger partial charge in [0.1, 0.15) is 16.1 Å². The number of nitrogens with one attached hydrogen (secondary N) is 2. The Morgan fingerprint density at radius 1 is 1.22 bits per heavy atom. The van der Waals surface area contributed by atoms with E-state index < -0.39 is 0 Å². The van der Waals surface area contributed by atoms with Gasteiger partial charge >= 0.3 is 0 Å². The van der Waals surface area contributed by atoms with Crippen LogP contribution in [0.3, 0.4) is 0 Å². The highest BCUT2D eigenvalue weighted by molar-refractivity contribution is 7.18. The molecule has 0 amide bonds. The molecule has 23 heavy (non-hydrogen) atoms. The van der Waals surface area contributed by atoms with Crippen LogP contribution in [0.25, 0.3) is 32.0 Å². The fraction of sp³-hybridized carbons (Fsp3) is 0.0667. The lowest BCUT2D eigenvalue weighted by Gasteiger charge is -2.06. The van der Waals surface area contributed by atoms with Gasteiger partial charge in [-0.05, 0) is 18.6 Å². The molecule has 7 nitrogen and oxygen atoms in total. The molecule has 0 saturated heterocycles. The number of nitrogens with zero attached hydrogens (tertiary/aromatic N) is 3. The van der Waals surface area contributed by atoms with Gasteiger partial charge in [-0.2, -0.15) is 5.10 Å². The summed E-state index contributed by atoms with van der Waals surface area (Å²) in [6, 6.07) is 1.85. The Balaban J connectivity index is 1.92. The second-order valence-electron chi connectivity index (χ2n) is 5.17. The summed E-state index contributed by atoms with van der Waals surface area (Å²) in [5, 5.41) is 7.23. The minimum Gasteiger partial charge on any atom is -0.396 e.